The predicted molar refractivity (Wildman–Crippen MR) is 83.5 cm³/mol. The average Bonchev–Trinajstić information content (AvgIpc) is 2.85. The molecule has 0 bridgehead atoms. The van der Waals surface area contributed by atoms with Gasteiger partial charge in [-0.1, -0.05) is 33.1 Å². The number of likely N-dealkylation sites (N-methyl/N-ethyl adjacent to an activating group) is 1. The molecular weight excluding hydrogens is 248 g/mol. The normalized spacial score (nSPS) is 18.6. The first kappa shape index (κ1) is 15.5. The largest absolute Gasteiger partial charge is 0.329 e. The van der Waals surface area contributed by atoms with Crippen LogP contribution >= 0.6 is 0 Å². The molecule has 114 valence electrons. The molecule has 0 atom stereocenters. The van der Waals surface area contributed by atoms with E-state index in [9.17, 15) is 0 Å². The molecule has 2 N–H and O–H groups in total. The Labute approximate surface area is 123 Å². The second kappa shape index (κ2) is 6.72. The van der Waals surface area contributed by atoms with E-state index in [0.717, 1.165) is 26.1 Å². The molecule has 1 aromatic heterocycles. The van der Waals surface area contributed by atoms with Crippen molar-refractivity contribution >= 4 is 0 Å². The van der Waals surface area contributed by atoms with E-state index in [1.165, 1.54) is 43.5 Å². The third kappa shape index (κ3) is 3.07. The lowest BCUT2D eigenvalue weighted by Gasteiger charge is -2.45. The number of nitrogens with zero attached hydrogens (tertiary/aromatic N) is 3. The predicted octanol–water partition coefficient (Wildman–Crippen LogP) is 2.47. The molecule has 1 aliphatic rings. The van der Waals surface area contributed by atoms with Gasteiger partial charge >= 0.3 is 0 Å². The van der Waals surface area contributed by atoms with Gasteiger partial charge in [0.05, 0.1) is 11.4 Å². The SMILES string of the molecule is CCc1cc(CN(CC)C2(CN)CCCCC2)n(C)n1. The van der Waals surface area contributed by atoms with Gasteiger partial charge in [0.2, 0.25) is 0 Å². The average molecular weight is 278 g/mol. The minimum atomic E-state index is 0.212. The molecule has 2 rings (SSSR count). The minimum absolute atomic E-state index is 0.212. The molecule has 0 aliphatic heterocycles. The summed E-state index contributed by atoms with van der Waals surface area (Å²) in [5.41, 5.74) is 8.88. The summed E-state index contributed by atoms with van der Waals surface area (Å²) in [6, 6.07) is 2.25. The van der Waals surface area contributed by atoms with Crippen LogP contribution in [-0.4, -0.2) is 33.3 Å². The van der Waals surface area contributed by atoms with E-state index in [4.69, 9.17) is 5.73 Å². The highest BCUT2D eigenvalue weighted by atomic mass is 15.3. The van der Waals surface area contributed by atoms with Crippen LogP contribution in [0.2, 0.25) is 0 Å². The van der Waals surface area contributed by atoms with Gasteiger partial charge in [-0.3, -0.25) is 9.58 Å². The molecule has 20 heavy (non-hydrogen) atoms. The monoisotopic (exact) mass is 278 g/mol. The highest BCUT2D eigenvalue weighted by Gasteiger charge is 2.36. The Bertz CT molecular complexity index is 418. The molecule has 4 nitrogen and oxygen atoms in total. The van der Waals surface area contributed by atoms with Crippen LogP contribution in [0.5, 0.6) is 0 Å². The molecule has 0 amide bonds. The molecule has 1 saturated carbocycles. The quantitative estimate of drug-likeness (QED) is 0.869. The summed E-state index contributed by atoms with van der Waals surface area (Å²) < 4.78 is 2.04. The van der Waals surface area contributed by atoms with Gasteiger partial charge in [-0.25, -0.2) is 0 Å². The fraction of sp³-hybridized carbons (Fsp3) is 0.812. The summed E-state index contributed by atoms with van der Waals surface area (Å²) in [5.74, 6) is 0. The van der Waals surface area contributed by atoms with Gasteiger partial charge in [-0.15, -0.1) is 0 Å². The Hall–Kier alpha value is -0.870. The van der Waals surface area contributed by atoms with E-state index < -0.39 is 0 Å². The van der Waals surface area contributed by atoms with Gasteiger partial charge in [0.15, 0.2) is 0 Å². The third-order valence-corrected chi connectivity index (χ3v) is 4.96. The van der Waals surface area contributed by atoms with Crippen molar-refractivity contribution in [3.05, 3.63) is 17.5 Å². The van der Waals surface area contributed by atoms with Crippen molar-refractivity contribution in [2.45, 2.75) is 64.5 Å². The number of hydrogen-bond donors (Lipinski definition) is 1. The lowest BCUT2D eigenvalue weighted by Crippen LogP contribution is -2.54. The van der Waals surface area contributed by atoms with Crippen molar-refractivity contribution in [3.63, 3.8) is 0 Å². The molecule has 1 aromatic rings. The van der Waals surface area contributed by atoms with E-state index in [1.54, 1.807) is 0 Å². The first-order valence-electron chi connectivity index (χ1n) is 8.12. The van der Waals surface area contributed by atoms with Crippen molar-refractivity contribution in [3.8, 4) is 0 Å². The van der Waals surface area contributed by atoms with E-state index in [2.05, 4.69) is 37.0 Å². The van der Waals surface area contributed by atoms with Crippen molar-refractivity contribution in [2.24, 2.45) is 12.8 Å². The fourth-order valence-electron chi connectivity index (χ4n) is 3.56. The molecule has 1 fully saturated rings. The molecule has 0 spiro atoms. The molecule has 0 aromatic carbocycles. The number of aryl methyl sites for hydroxylation is 2. The van der Waals surface area contributed by atoms with E-state index in [-0.39, 0.29) is 5.54 Å². The van der Waals surface area contributed by atoms with Crippen LogP contribution in [0.3, 0.4) is 0 Å². The van der Waals surface area contributed by atoms with Crippen molar-refractivity contribution < 1.29 is 0 Å². The van der Waals surface area contributed by atoms with Crippen LogP contribution in [0.25, 0.3) is 0 Å². The van der Waals surface area contributed by atoms with E-state index in [0.29, 0.717) is 0 Å². The summed E-state index contributed by atoms with van der Waals surface area (Å²) in [6.45, 7) is 7.22. The zero-order valence-corrected chi connectivity index (χ0v) is 13.4. The van der Waals surface area contributed by atoms with Gasteiger partial charge in [0.25, 0.3) is 0 Å². The lowest BCUT2D eigenvalue weighted by atomic mass is 9.80. The molecule has 4 heteroatoms. The molecular formula is C16H30N4. The Morgan fingerprint density at radius 1 is 1.30 bits per heavy atom. The molecule has 0 unspecified atom stereocenters. The molecule has 0 radical (unpaired) electrons. The van der Waals surface area contributed by atoms with Gasteiger partial charge in [0.1, 0.15) is 0 Å². The third-order valence-electron chi connectivity index (χ3n) is 4.96. The van der Waals surface area contributed by atoms with Gasteiger partial charge < -0.3 is 5.73 Å². The fourth-order valence-corrected chi connectivity index (χ4v) is 3.56. The maximum absolute atomic E-state index is 6.17. The van der Waals surface area contributed by atoms with E-state index >= 15 is 0 Å². The van der Waals surface area contributed by atoms with Gasteiger partial charge in [-0.2, -0.15) is 5.10 Å². The summed E-state index contributed by atoms with van der Waals surface area (Å²) >= 11 is 0. The van der Waals surface area contributed by atoms with E-state index in [1.807, 2.05) is 4.68 Å². The second-order valence-electron chi connectivity index (χ2n) is 6.11. The van der Waals surface area contributed by atoms with Crippen LogP contribution in [0.15, 0.2) is 6.07 Å². The maximum atomic E-state index is 6.17. The Balaban J connectivity index is 2.16. The maximum Gasteiger partial charge on any atom is 0.0625 e. The summed E-state index contributed by atoms with van der Waals surface area (Å²) in [5, 5.41) is 4.57. The van der Waals surface area contributed by atoms with Gasteiger partial charge in [0, 0.05) is 25.7 Å². The summed E-state index contributed by atoms with van der Waals surface area (Å²) in [6.07, 6.45) is 7.50. The number of nitrogens with two attached hydrogens (primary N) is 1. The Morgan fingerprint density at radius 2 is 2.00 bits per heavy atom. The van der Waals surface area contributed by atoms with Crippen LogP contribution in [0.1, 0.15) is 57.3 Å². The smallest absolute Gasteiger partial charge is 0.0625 e. The van der Waals surface area contributed by atoms with Crippen molar-refractivity contribution in [2.75, 3.05) is 13.1 Å². The number of aromatic nitrogens is 2. The summed E-state index contributed by atoms with van der Waals surface area (Å²) in [7, 11) is 2.05. The van der Waals surface area contributed by atoms with Crippen LogP contribution in [0, 0.1) is 0 Å². The summed E-state index contributed by atoms with van der Waals surface area (Å²) in [4.78, 5) is 2.59. The Morgan fingerprint density at radius 3 is 2.50 bits per heavy atom. The zero-order valence-electron chi connectivity index (χ0n) is 13.4. The van der Waals surface area contributed by atoms with Crippen molar-refractivity contribution in [1.82, 2.24) is 14.7 Å². The zero-order chi connectivity index (χ0) is 14.6. The molecule has 1 aliphatic carbocycles. The second-order valence-corrected chi connectivity index (χ2v) is 6.11. The topological polar surface area (TPSA) is 47.1 Å². The molecule has 0 saturated heterocycles. The lowest BCUT2D eigenvalue weighted by molar-refractivity contribution is 0.0526. The molecule has 1 heterocycles. The Kier molecular flexibility index (Phi) is 5.22. The van der Waals surface area contributed by atoms with Crippen LogP contribution < -0.4 is 5.73 Å². The standard InChI is InChI=1S/C16H30N4/c1-4-14-11-15(19(3)18-14)12-20(5-2)16(13-17)9-7-6-8-10-16/h11H,4-10,12-13,17H2,1-3H3. The highest BCUT2D eigenvalue weighted by Crippen LogP contribution is 2.33. The first-order chi connectivity index (χ1) is 9.65. The number of rotatable bonds is 6. The van der Waals surface area contributed by atoms with Crippen LogP contribution in [-0.2, 0) is 20.0 Å². The first-order valence-corrected chi connectivity index (χ1v) is 8.12. The van der Waals surface area contributed by atoms with Gasteiger partial charge in [-0.05, 0) is 31.9 Å². The number of hydrogen-bond acceptors (Lipinski definition) is 3. The highest BCUT2D eigenvalue weighted by molar-refractivity contribution is 5.11. The van der Waals surface area contributed by atoms with Crippen LogP contribution in [0.4, 0.5) is 0 Å². The van der Waals surface area contributed by atoms with Crippen molar-refractivity contribution in [1.29, 1.82) is 0 Å². The minimum Gasteiger partial charge on any atom is -0.329 e.